The molecule has 5 nitrogen and oxygen atoms in total. The lowest BCUT2D eigenvalue weighted by Gasteiger charge is -2.09. The molecule has 0 saturated carbocycles. The van der Waals surface area contributed by atoms with Crippen LogP contribution in [0.4, 0.5) is 0 Å². The second kappa shape index (κ2) is 5.32. The Morgan fingerprint density at radius 1 is 1.21 bits per heavy atom. The van der Waals surface area contributed by atoms with Gasteiger partial charge in [-0.15, -0.1) is 0 Å². The highest BCUT2D eigenvalue weighted by Crippen LogP contribution is 2.31. The van der Waals surface area contributed by atoms with Crippen molar-refractivity contribution in [1.29, 1.82) is 0 Å². The third-order valence-corrected chi connectivity index (χ3v) is 3.00. The van der Waals surface area contributed by atoms with Crippen LogP contribution in [-0.2, 0) is 6.54 Å². The van der Waals surface area contributed by atoms with Crippen molar-refractivity contribution in [3.63, 3.8) is 0 Å². The zero-order valence-electron chi connectivity index (χ0n) is 10.9. The minimum Gasteiger partial charge on any atom is -0.490 e. The van der Waals surface area contributed by atoms with E-state index in [0.29, 0.717) is 13.2 Å². The van der Waals surface area contributed by atoms with Crippen LogP contribution in [-0.4, -0.2) is 30.0 Å². The molecule has 1 aliphatic rings. The molecule has 100 valence electrons. The second-order valence-electron chi connectivity index (χ2n) is 4.46. The Kier molecular flexibility index (Phi) is 3.37. The van der Waals surface area contributed by atoms with Gasteiger partial charge in [0.25, 0.3) is 0 Å². The van der Waals surface area contributed by atoms with Crippen LogP contribution in [0, 0.1) is 0 Å². The van der Waals surface area contributed by atoms with E-state index in [4.69, 9.17) is 9.47 Å². The van der Waals surface area contributed by atoms with E-state index in [1.807, 2.05) is 42.2 Å². The van der Waals surface area contributed by atoms with Crippen molar-refractivity contribution in [1.82, 2.24) is 15.1 Å². The summed E-state index contributed by atoms with van der Waals surface area (Å²) in [6.45, 7) is 2.17. The minimum absolute atomic E-state index is 0.695. The third kappa shape index (κ3) is 2.56. The number of hydrogen-bond acceptors (Lipinski definition) is 4. The van der Waals surface area contributed by atoms with E-state index in [1.54, 1.807) is 0 Å². The summed E-state index contributed by atoms with van der Waals surface area (Å²) < 4.78 is 13.2. The summed E-state index contributed by atoms with van der Waals surface area (Å²) in [4.78, 5) is 0. The average Bonchev–Trinajstić information content (AvgIpc) is 2.76. The van der Waals surface area contributed by atoms with Crippen LogP contribution in [0.15, 0.2) is 30.5 Å². The highest BCUT2D eigenvalue weighted by molar-refractivity contribution is 5.48. The fourth-order valence-corrected chi connectivity index (χ4v) is 2.08. The Bertz CT molecular complexity index is 566. The minimum atomic E-state index is 0.695. The molecule has 2 aromatic rings. The van der Waals surface area contributed by atoms with E-state index in [0.717, 1.165) is 35.8 Å². The number of benzene rings is 1. The molecule has 2 heterocycles. The second-order valence-corrected chi connectivity index (χ2v) is 4.46. The quantitative estimate of drug-likeness (QED) is 0.912. The van der Waals surface area contributed by atoms with Crippen LogP contribution >= 0.6 is 0 Å². The number of ether oxygens (including phenoxy) is 2. The monoisotopic (exact) mass is 259 g/mol. The summed E-state index contributed by atoms with van der Waals surface area (Å²) in [5.74, 6) is 1.60. The maximum atomic E-state index is 5.69. The van der Waals surface area contributed by atoms with Crippen LogP contribution in [0.25, 0.3) is 5.69 Å². The predicted octanol–water partition coefficient (Wildman–Crippen LogP) is 1.75. The van der Waals surface area contributed by atoms with Gasteiger partial charge >= 0.3 is 0 Å². The zero-order valence-corrected chi connectivity index (χ0v) is 10.9. The molecule has 3 rings (SSSR count). The molecule has 1 aliphatic heterocycles. The lowest BCUT2D eigenvalue weighted by atomic mass is 10.3. The molecule has 0 fully saturated rings. The van der Waals surface area contributed by atoms with Gasteiger partial charge in [0.2, 0.25) is 0 Å². The summed E-state index contributed by atoms with van der Waals surface area (Å²) >= 11 is 0. The fraction of sp³-hybridized carbons (Fsp3) is 0.357. The largest absolute Gasteiger partial charge is 0.490 e. The Labute approximate surface area is 112 Å². The molecule has 0 aliphatic carbocycles. The molecule has 0 spiro atoms. The van der Waals surface area contributed by atoms with Gasteiger partial charge in [-0.1, -0.05) is 0 Å². The number of aromatic nitrogens is 2. The van der Waals surface area contributed by atoms with Gasteiger partial charge in [0, 0.05) is 25.2 Å². The molecule has 1 aromatic heterocycles. The molecule has 0 atom stereocenters. The first kappa shape index (κ1) is 12.0. The van der Waals surface area contributed by atoms with Gasteiger partial charge in [0.05, 0.1) is 24.6 Å². The van der Waals surface area contributed by atoms with Crippen LogP contribution in [0.5, 0.6) is 11.5 Å². The fourth-order valence-electron chi connectivity index (χ4n) is 2.08. The molecule has 0 unspecified atom stereocenters. The maximum Gasteiger partial charge on any atom is 0.163 e. The van der Waals surface area contributed by atoms with Gasteiger partial charge in [0.15, 0.2) is 11.5 Å². The highest BCUT2D eigenvalue weighted by atomic mass is 16.5. The number of hydrogen-bond donors (Lipinski definition) is 1. The molecular weight excluding hydrogens is 242 g/mol. The molecule has 0 radical (unpaired) electrons. The van der Waals surface area contributed by atoms with Crippen LogP contribution in [0.2, 0.25) is 0 Å². The SMILES string of the molecule is CNCc1ccn(-c2ccc3c(c2)OCCCO3)n1. The molecule has 0 amide bonds. The van der Waals surface area contributed by atoms with Gasteiger partial charge < -0.3 is 14.8 Å². The van der Waals surface area contributed by atoms with E-state index in [1.165, 1.54) is 0 Å². The van der Waals surface area contributed by atoms with E-state index in [9.17, 15) is 0 Å². The van der Waals surface area contributed by atoms with Gasteiger partial charge in [-0.05, 0) is 25.2 Å². The van der Waals surface area contributed by atoms with Gasteiger partial charge in [-0.2, -0.15) is 5.10 Å². The summed E-state index contributed by atoms with van der Waals surface area (Å²) in [6.07, 6.45) is 2.87. The number of rotatable bonds is 3. The summed E-state index contributed by atoms with van der Waals surface area (Å²) in [5, 5.41) is 7.59. The summed E-state index contributed by atoms with van der Waals surface area (Å²) in [7, 11) is 1.91. The van der Waals surface area contributed by atoms with Crippen molar-refractivity contribution < 1.29 is 9.47 Å². The van der Waals surface area contributed by atoms with Gasteiger partial charge in [0.1, 0.15) is 0 Å². The lowest BCUT2D eigenvalue weighted by molar-refractivity contribution is 0.297. The molecule has 1 aromatic carbocycles. The Morgan fingerprint density at radius 3 is 2.89 bits per heavy atom. The summed E-state index contributed by atoms with van der Waals surface area (Å²) in [6, 6.07) is 7.90. The van der Waals surface area contributed by atoms with E-state index < -0.39 is 0 Å². The van der Waals surface area contributed by atoms with Crippen molar-refractivity contribution >= 4 is 0 Å². The Balaban J connectivity index is 1.89. The first-order valence-corrected chi connectivity index (χ1v) is 6.46. The number of nitrogens with one attached hydrogen (secondary N) is 1. The molecule has 0 saturated heterocycles. The van der Waals surface area contributed by atoms with Crippen molar-refractivity contribution in [2.75, 3.05) is 20.3 Å². The molecular formula is C14H17N3O2. The topological polar surface area (TPSA) is 48.3 Å². The van der Waals surface area contributed by atoms with Crippen molar-refractivity contribution in [3.05, 3.63) is 36.2 Å². The molecule has 19 heavy (non-hydrogen) atoms. The summed E-state index contributed by atoms with van der Waals surface area (Å²) in [5.41, 5.74) is 1.99. The Morgan fingerprint density at radius 2 is 2.05 bits per heavy atom. The molecule has 0 bridgehead atoms. The maximum absolute atomic E-state index is 5.69. The van der Waals surface area contributed by atoms with Gasteiger partial charge in [-0.25, -0.2) is 4.68 Å². The highest BCUT2D eigenvalue weighted by Gasteiger charge is 2.11. The zero-order chi connectivity index (χ0) is 13.1. The molecule has 5 heteroatoms. The van der Waals surface area contributed by atoms with Crippen molar-refractivity contribution in [2.45, 2.75) is 13.0 Å². The van der Waals surface area contributed by atoms with E-state index in [-0.39, 0.29) is 0 Å². The number of nitrogens with zero attached hydrogens (tertiary/aromatic N) is 2. The Hall–Kier alpha value is -2.01. The van der Waals surface area contributed by atoms with Crippen LogP contribution in [0.1, 0.15) is 12.1 Å². The number of fused-ring (bicyclic) bond motifs is 1. The lowest BCUT2D eigenvalue weighted by Crippen LogP contribution is -2.06. The van der Waals surface area contributed by atoms with Gasteiger partial charge in [-0.3, -0.25) is 0 Å². The first-order chi connectivity index (χ1) is 9.36. The van der Waals surface area contributed by atoms with Crippen molar-refractivity contribution in [3.8, 4) is 17.2 Å². The molecule has 1 N–H and O–H groups in total. The normalized spacial score (nSPS) is 14.2. The average molecular weight is 259 g/mol. The van der Waals surface area contributed by atoms with Crippen molar-refractivity contribution in [2.24, 2.45) is 0 Å². The van der Waals surface area contributed by atoms with E-state index >= 15 is 0 Å². The van der Waals surface area contributed by atoms with E-state index in [2.05, 4.69) is 10.4 Å². The smallest absolute Gasteiger partial charge is 0.163 e. The first-order valence-electron chi connectivity index (χ1n) is 6.46. The van der Waals surface area contributed by atoms with Crippen LogP contribution < -0.4 is 14.8 Å². The predicted molar refractivity (Wildman–Crippen MR) is 71.9 cm³/mol. The third-order valence-electron chi connectivity index (χ3n) is 3.00. The van der Waals surface area contributed by atoms with Crippen LogP contribution in [0.3, 0.4) is 0 Å². The standard InChI is InChI=1S/C14H17N3O2/c1-15-10-11-5-6-17(16-11)12-3-4-13-14(9-12)19-8-2-7-18-13/h3-6,9,15H,2,7-8,10H2,1H3.